The molecule has 0 atom stereocenters. The molecule has 8 heteroatoms. The molecule has 0 aliphatic rings. The van der Waals surface area contributed by atoms with Crippen LogP contribution in [-0.2, 0) is 10.0 Å². The second-order valence-corrected chi connectivity index (χ2v) is 7.23. The molecule has 2 aromatic heterocycles. The van der Waals surface area contributed by atoms with Crippen LogP contribution in [0.2, 0.25) is 0 Å². The number of nitrogens with zero attached hydrogens (tertiary/aromatic N) is 2. The third kappa shape index (κ3) is 2.30. The average Bonchev–Trinajstić information content (AvgIpc) is 2.87. The highest BCUT2D eigenvalue weighted by molar-refractivity contribution is 9.10. The van der Waals surface area contributed by atoms with Crippen LogP contribution >= 0.6 is 15.9 Å². The minimum absolute atomic E-state index is 0.0104. The third-order valence-corrected chi connectivity index (χ3v) is 5.31. The van der Waals surface area contributed by atoms with E-state index in [2.05, 4.69) is 20.9 Å². The Bertz CT molecular complexity index is 981. The lowest BCUT2D eigenvalue weighted by molar-refractivity contribution is 0.0699. The molecule has 112 valence electrons. The van der Waals surface area contributed by atoms with E-state index in [9.17, 15) is 18.3 Å². The molecule has 3 aromatic rings. The van der Waals surface area contributed by atoms with E-state index in [1.807, 2.05) is 0 Å². The summed E-state index contributed by atoms with van der Waals surface area (Å²) in [4.78, 5) is 15.1. The van der Waals surface area contributed by atoms with Crippen molar-refractivity contribution in [1.82, 2.24) is 8.96 Å². The fourth-order valence-corrected chi connectivity index (χ4v) is 3.83. The monoisotopic (exact) mass is 380 g/mol. The number of hydrogen-bond acceptors (Lipinski definition) is 4. The van der Waals surface area contributed by atoms with Crippen molar-refractivity contribution in [3.05, 3.63) is 59.0 Å². The van der Waals surface area contributed by atoms with Crippen molar-refractivity contribution in [2.24, 2.45) is 0 Å². The van der Waals surface area contributed by atoms with Gasteiger partial charge in [0.1, 0.15) is 4.90 Å². The number of halogens is 1. The van der Waals surface area contributed by atoms with Gasteiger partial charge in [0.05, 0.1) is 11.1 Å². The molecule has 0 saturated heterocycles. The Balaban J connectivity index is 2.36. The largest absolute Gasteiger partial charge is 0.478 e. The molecule has 22 heavy (non-hydrogen) atoms. The number of benzene rings is 1. The second-order valence-electron chi connectivity index (χ2n) is 4.50. The SMILES string of the molecule is O=C(O)c1cn(S(=O)(=O)c2cccnc2)c2cc(Br)ccc12. The van der Waals surface area contributed by atoms with Gasteiger partial charge in [-0.25, -0.2) is 17.2 Å². The number of pyridine rings is 1. The van der Waals surface area contributed by atoms with Gasteiger partial charge in [0.15, 0.2) is 0 Å². The summed E-state index contributed by atoms with van der Waals surface area (Å²) >= 11 is 3.27. The molecule has 6 nitrogen and oxygen atoms in total. The van der Waals surface area contributed by atoms with E-state index in [-0.39, 0.29) is 16.0 Å². The number of aromatic carboxylic acids is 1. The number of hydrogen-bond donors (Lipinski definition) is 1. The first-order chi connectivity index (χ1) is 10.4. The zero-order valence-corrected chi connectivity index (χ0v) is 13.4. The lowest BCUT2D eigenvalue weighted by Gasteiger charge is -2.07. The van der Waals surface area contributed by atoms with Crippen LogP contribution in [0.15, 0.2) is 58.3 Å². The normalized spacial score (nSPS) is 11.7. The van der Waals surface area contributed by atoms with Crippen LogP contribution in [-0.4, -0.2) is 28.5 Å². The van der Waals surface area contributed by atoms with Crippen molar-refractivity contribution < 1.29 is 18.3 Å². The van der Waals surface area contributed by atoms with Crippen LogP contribution in [0.25, 0.3) is 10.9 Å². The van der Waals surface area contributed by atoms with E-state index in [1.165, 1.54) is 24.5 Å². The lowest BCUT2D eigenvalue weighted by Crippen LogP contribution is -2.12. The van der Waals surface area contributed by atoms with Gasteiger partial charge in [0.2, 0.25) is 0 Å². The Morgan fingerprint density at radius 1 is 1.27 bits per heavy atom. The number of carbonyl (C=O) groups is 1. The molecule has 0 bridgehead atoms. The van der Waals surface area contributed by atoms with Gasteiger partial charge < -0.3 is 5.11 Å². The summed E-state index contributed by atoms with van der Waals surface area (Å²) in [6, 6.07) is 7.71. The van der Waals surface area contributed by atoms with Crippen LogP contribution in [0.3, 0.4) is 0 Å². The molecule has 0 saturated carbocycles. The topological polar surface area (TPSA) is 89.3 Å². The van der Waals surface area contributed by atoms with Gasteiger partial charge in [0, 0.05) is 28.4 Å². The van der Waals surface area contributed by atoms with Crippen molar-refractivity contribution >= 4 is 42.8 Å². The smallest absolute Gasteiger partial charge is 0.337 e. The van der Waals surface area contributed by atoms with Crippen molar-refractivity contribution in [1.29, 1.82) is 0 Å². The van der Waals surface area contributed by atoms with E-state index in [0.29, 0.717) is 9.86 Å². The van der Waals surface area contributed by atoms with E-state index in [1.54, 1.807) is 18.2 Å². The minimum Gasteiger partial charge on any atom is -0.478 e. The Morgan fingerprint density at radius 3 is 2.68 bits per heavy atom. The highest BCUT2D eigenvalue weighted by Gasteiger charge is 2.23. The van der Waals surface area contributed by atoms with Gasteiger partial charge in [-0.05, 0) is 24.3 Å². The average molecular weight is 381 g/mol. The summed E-state index contributed by atoms with van der Waals surface area (Å²) in [6.45, 7) is 0. The van der Waals surface area contributed by atoms with Gasteiger partial charge in [-0.1, -0.05) is 22.0 Å². The maximum Gasteiger partial charge on any atom is 0.337 e. The van der Waals surface area contributed by atoms with Crippen LogP contribution in [0.1, 0.15) is 10.4 Å². The second kappa shape index (κ2) is 5.22. The van der Waals surface area contributed by atoms with Gasteiger partial charge in [-0.3, -0.25) is 4.98 Å². The first kappa shape index (κ1) is 14.7. The molecule has 0 fully saturated rings. The molecule has 1 aromatic carbocycles. The predicted molar refractivity (Wildman–Crippen MR) is 83.4 cm³/mol. The zero-order chi connectivity index (χ0) is 15.9. The Labute approximate surface area is 134 Å². The highest BCUT2D eigenvalue weighted by Crippen LogP contribution is 2.28. The zero-order valence-electron chi connectivity index (χ0n) is 11.0. The van der Waals surface area contributed by atoms with Crippen LogP contribution in [0.5, 0.6) is 0 Å². The maximum absolute atomic E-state index is 12.7. The molecule has 0 radical (unpaired) electrons. The Hall–Kier alpha value is -2.19. The molecule has 0 amide bonds. The first-order valence-corrected chi connectivity index (χ1v) is 8.34. The summed E-state index contributed by atoms with van der Waals surface area (Å²) in [5, 5.41) is 9.62. The number of rotatable bonds is 3. The van der Waals surface area contributed by atoms with Crippen LogP contribution in [0.4, 0.5) is 0 Å². The molecule has 1 N–H and O–H groups in total. The number of carboxylic acids is 1. The molecule has 0 aliphatic heterocycles. The molecule has 0 unspecified atom stereocenters. The van der Waals surface area contributed by atoms with Crippen LogP contribution in [0, 0.1) is 0 Å². The lowest BCUT2D eigenvalue weighted by atomic mass is 10.2. The van der Waals surface area contributed by atoms with Gasteiger partial charge in [-0.2, -0.15) is 0 Å². The van der Waals surface area contributed by atoms with Crippen molar-refractivity contribution in [2.75, 3.05) is 0 Å². The Kier molecular flexibility index (Phi) is 3.50. The van der Waals surface area contributed by atoms with E-state index in [0.717, 1.165) is 10.2 Å². The standard InChI is InChI=1S/C14H9BrN2O4S/c15-9-3-4-11-12(14(18)19)8-17(13(11)6-9)22(20,21)10-2-1-5-16-7-10/h1-8H,(H,18,19). The number of aromatic nitrogens is 2. The van der Waals surface area contributed by atoms with Gasteiger partial charge in [-0.15, -0.1) is 0 Å². The fraction of sp³-hybridized carbons (Fsp3) is 0. The fourth-order valence-electron chi connectivity index (χ4n) is 2.15. The minimum atomic E-state index is -3.93. The molecule has 3 rings (SSSR count). The number of fused-ring (bicyclic) bond motifs is 1. The Morgan fingerprint density at radius 2 is 2.05 bits per heavy atom. The molecule has 0 aliphatic carbocycles. The van der Waals surface area contributed by atoms with E-state index >= 15 is 0 Å². The molecule has 0 spiro atoms. The summed E-state index contributed by atoms with van der Waals surface area (Å²) in [6.07, 6.45) is 3.80. The van der Waals surface area contributed by atoms with Crippen molar-refractivity contribution in [3.63, 3.8) is 0 Å². The predicted octanol–water partition coefficient (Wildman–Crippen LogP) is 2.73. The molecule has 2 heterocycles. The van der Waals surface area contributed by atoms with Crippen molar-refractivity contribution in [2.45, 2.75) is 4.90 Å². The number of carboxylic acid groups (broad SMARTS) is 1. The van der Waals surface area contributed by atoms with Gasteiger partial charge >= 0.3 is 5.97 Å². The maximum atomic E-state index is 12.7. The van der Waals surface area contributed by atoms with Crippen LogP contribution < -0.4 is 0 Å². The van der Waals surface area contributed by atoms with Crippen molar-refractivity contribution in [3.8, 4) is 0 Å². The summed E-state index contributed by atoms with van der Waals surface area (Å²) in [7, 11) is -3.93. The summed E-state index contributed by atoms with van der Waals surface area (Å²) < 4.78 is 27.0. The summed E-state index contributed by atoms with van der Waals surface area (Å²) in [5.41, 5.74) is 0.214. The highest BCUT2D eigenvalue weighted by atomic mass is 79.9. The molecular weight excluding hydrogens is 372 g/mol. The first-order valence-electron chi connectivity index (χ1n) is 6.11. The van der Waals surface area contributed by atoms with E-state index < -0.39 is 16.0 Å². The third-order valence-electron chi connectivity index (χ3n) is 3.16. The quantitative estimate of drug-likeness (QED) is 0.754. The van der Waals surface area contributed by atoms with E-state index in [4.69, 9.17) is 0 Å². The summed E-state index contributed by atoms with van der Waals surface area (Å²) in [5.74, 6) is -1.19. The molecular formula is C14H9BrN2O4S. The van der Waals surface area contributed by atoms with Gasteiger partial charge in [0.25, 0.3) is 10.0 Å².